The minimum absolute atomic E-state index is 0.344. The molecule has 1 aliphatic heterocycles. The summed E-state index contributed by atoms with van der Waals surface area (Å²) in [6.07, 6.45) is 1.47. The zero-order valence-corrected chi connectivity index (χ0v) is 11.4. The molecule has 1 aromatic rings. The van der Waals surface area contributed by atoms with Crippen LogP contribution in [-0.4, -0.2) is 30.1 Å². The maximum atomic E-state index is 5.96. The maximum Gasteiger partial charge on any atom is 0.120 e. The molecule has 0 radical (unpaired) electrons. The highest BCUT2D eigenvalue weighted by Gasteiger charge is 2.25. The average molecular weight is 284 g/mol. The first-order chi connectivity index (χ1) is 7.65. The first kappa shape index (κ1) is 11.9. The lowest BCUT2D eigenvalue weighted by atomic mass is 10.3. The summed E-state index contributed by atoms with van der Waals surface area (Å²) in [5, 5.41) is 0. The first-order valence-electron chi connectivity index (χ1n) is 5.81. The largest absolute Gasteiger partial charge is 0.489 e. The van der Waals surface area contributed by atoms with Crippen molar-refractivity contribution in [1.29, 1.82) is 0 Å². The molecular weight excluding hydrogens is 266 g/mol. The zero-order chi connectivity index (χ0) is 11.5. The Morgan fingerprint density at radius 1 is 1.44 bits per heavy atom. The quantitative estimate of drug-likeness (QED) is 0.844. The molecule has 16 heavy (non-hydrogen) atoms. The predicted octanol–water partition coefficient (Wildman–Crippen LogP) is 3.31. The van der Waals surface area contributed by atoms with E-state index in [1.807, 2.05) is 24.3 Å². The second kappa shape index (κ2) is 5.19. The molecule has 1 unspecified atom stereocenters. The molecule has 0 aliphatic carbocycles. The monoisotopic (exact) mass is 283 g/mol. The molecule has 1 saturated heterocycles. The molecule has 1 heterocycles. The molecular formula is C13H18BrNO. The van der Waals surface area contributed by atoms with Gasteiger partial charge in [-0.3, -0.25) is 4.90 Å². The van der Waals surface area contributed by atoms with E-state index in [-0.39, 0.29) is 0 Å². The van der Waals surface area contributed by atoms with E-state index in [0.717, 1.165) is 29.7 Å². The third-order valence-corrected chi connectivity index (χ3v) is 3.50. The third-order valence-electron chi connectivity index (χ3n) is 3.01. The van der Waals surface area contributed by atoms with Gasteiger partial charge >= 0.3 is 0 Å². The lowest BCUT2D eigenvalue weighted by Crippen LogP contribution is -2.30. The minimum Gasteiger partial charge on any atom is -0.489 e. The van der Waals surface area contributed by atoms with Gasteiger partial charge in [-0.2, -0.15) is 0 Å². The number of rotatable bonds is 3. The Bertz CT molecular complexity index is 354. The van der Waals surface area contributed by atoms with Gasteiger partial charge in [0.25, 0.3) is 0 Å². The third kappa shape index (κ3) is 2.98. The molecule has 0 N–H and O–H groups in total. The van der Waals surface area contributed by atoms with Gasteiger partial charge in [0, 0.05) is 23.6 Å². The van der Waals surface area contributed by atoms with E-state index in [1.54, 1.807) is 0 Å². The van der Waals surface area contributed by atoms with E-state index < -0.39 is 0 Å². The molecule has 3 heteroatoms. The summed E-state index contributed by atoms with van der Waals surface area (Å²) in [7, 11) is 0. The second-order valence-electron chi connectivity index (χ2n) is 4.57. The fourth-order valence-electron chi connectivity index (χ4n) is 2.05. The normalized spacial score (nSPS) is 21.6. The van der Waals surface area contributed by atoms with Crippen LogP contribution in [0.15, 0.2) is 28.7 Å². The van der Waals surface area contributed by atoms with Crippen LogP contribution in [0.25, 0.3) is 0 Å². The van der Waals surface area contributed by atoms with Crippen LogP contribution < -0.4 is 4.74 Å². The molecule has 88 valence electrons. The van der Waals surface area contributed by atoms with Gasteiger partial charge in [0.2, 0.25) is 0 Å². The number of hydrogen-bond acceptors (Lipinski definition) is 2. The van der Waals surface area contributed by atoms with E-state index in [2.05, 4.69) is 34.7 Å². The summed E-state index contributed by atoms with van der Waals surface area (Å²) in [6, 6.07) is 8.69. The van der Waals surface area contributed by atoms with Gasteiger partial charge in [-0.15, -0.1) is 0 Å². The smallest absolute Gasteiger partial charge is 0.120 e. The standard InChI is InChI=1S/C13H18BrNO/c1-10(2)15-7-6-13(9-15)16-12-5-3-4-11(14)8-12/h3-5,8,10,13H,6-7,9H2,1-2H3. The van der Waals surface area contributed by atoms with Crippen molar-refractivity contribution < 1.29 is 4.74 Å². The van der Waals surface area contributed by atoms with Crippen LogP contribution in [0.3, 0.4) is 0 Å². The van der Waals surface area contributed by atoms with Gasteiger partial charge in [-0.1, -0.05) is 22.0 Å². The van der Waals surface area contributed by atoms with Crippen molar-refractivity contribution in [3.8, 4) is 5.75 Å². The summed E-state index contributed by atoms with van der Waals surface area (Å²) in [4.78, 5) is 2.46. The Balaban J connectivity index is 1.92. The van der Waals surface area contributed by atoms with Crippen LogP contribution in [0.5, 0.6) is 5.75 Å². The van der Waals surface area contributed by atoms with Gasteiger partial charge in [-0.05, 0) is 38.5 Å². The van der Waals surface area contributed by atoms with E-state index in [1.165, 1.54) is 0 Å². The summed E-state index contributed by atoms with van der Waals surface area (Å²) in [6.45, 7) is 6.67. The molecule has 0 spiro atoms. The van der Waals surface area contributed by atoms with Crippen molar-refractivity contribution in [3.63, 3.8) is 0 Å². The molecule has 2 nitrogen and oxygen atoms in total. The van der Waals surface area contributed by atoms with Crippen molar-refractivity contribution in [3.05, 3.63) is 28.7 Å². The summed E-state index contributed by atoms with van der Waals surface area (Å²) in [5.41, 5.74) is 0. The zero-order valence-electron chi connectivity index (χ0n) is 9.82. The molecule has 1 fully saturated rings. The number of nitrogens with zero attached hydrogens (tertiary/aromatic N) is 1. The Morgan fingerprint density at radius 3 is 2.88 bits per heavy atom. The SMILES string of the molecule is CC(C)N1CCC(Oc2cccc(Br)c2)C1. The van der Waals surface area contributed by atoms with Gasteiger partial charge in [0.15, 0.2) is 0 Å². The fourth-order valence-corrected chi connectivity index (χ4v) is 2.43. The Morgan fingerprint density at radius 2 is 2.25 bits per heavy atom. The molecule has 2 rings (SSSR count). The van der Waals surface area contributed by atoms with Crippen molar-refractivity contribution in [1.82, 2.24) is 4.90 Å². The summed E-state index contributed by atoms with van der Waals surface area (Å²) in [5.74, 6) is 0.963. The number of halogens is 1. The lowest BCUT2D eigenvalue weighted by Gasteiger charge is -2.20. The summed E-state index contributed by atoms with van der Waals surface area (Å²) >= 11 is 3.46. The van der Waals surface area contributed by atoms with Gasteiger partial charge in [0.1, 0.15) is 11.9 Å². The topological polar surface area (TPSA) is 12.5 Å². The van der Waals surface area contributed by atoms with Gasteiger partial charge < -0.3 is 4.74 Å². The highest BCUT2D eigenvalue weighted by molar-refractivity contribution is 9.10. The van der Waals surface area contributed by atoms with Crippen LogP contribution in [0.4, 0.5) is 0 Å². The van der Waals surface area contributed by atoms with E-state index in [9.17, 15) is 0 Å². The fraction of sp³-hybridized carbons (Fsp3) is 0.538. The number of likely N-dealkylation sites (tertiary alicyclic amines) is 1. The lowest BCUT2D eigenvalue weighted by molar-refractivity contribution is 0.187. The van der Waals surface area contributed by atoms with Crippen LogP contribution >= 0.6 is 15.9 Å². The van der Waals surface area contributed by atoms with Crippen LogP contribution in [-0.2, 0) is 0 Å². The number of benzene rings is 1. The minimum atomic E-state index is 0.344. The van der Waals surface area contributed by atoms with Crippen LogP contribution in [0, 0.1) is 0 Å². The van der Waals surface area contributed by atoms with E-state index in [4.69, 9.17) is 4.74 Å². The van der Waals surface area contributed by atoms with Gasteiger partial charge in [0.05, 0.1) is 0 Å². The highest BCUT2D eigenvalue weighted by atomic mass is 79.9. The van der Waals surface area contributed by atoms with Crippen molar-refractivity contribution in [2.75, 3.05) is 13.1 Å². The van der Waals surface area contributed by atoms with Crippen LogP contribution in [0.1, 0.15) is 20.3 Å². The van der Waals surface area contributed by atoms with Gasteiger partial charge in [-0.25, -0.2) is 0 Å². The molecule has 0 bridgehead atoms. The average Bonchev–Trinajstić information content (AvgIpc) is 2.66. The maximum absolute atomic E-state index is 5.96. The highest BCUT2D eigenvalue weighted by Crippen LogP contribution is 2.22. The number of ether oxygens (including phenoxy) is 1. The van der Waals surface area contributed by atoms with E-state index in [0.29, 0.717) is 12.1 Å². The van der Waals surface area contributed by atoms with Crippen molar-refractivity contribution >= 4 is 15.9 Å². The summed E-state index contributed by atoms with van der Waals surface area (Å²) < 4.78 is 7.04. The molecule has 1 aliphatic rings. The Hall–Kier alpha value is -0.540. The Kier molecular flexibility index (Phi) is 3.87. The molecule has 1 aromatic carbocycles. The first-order valence-corrected chi connectivity index (χ1v) is 6.61. The molecule has 1 atom stereocenters. The van der Waals surface area contributed by atoms with Crippen molar-refractivity contribution in [2.24, 2.45) is 0 Å². The second-order valence-corrected chi connectivity index (χ2v) is 5.49. The van der Waals surface area contributed by atoms with Crippen LogP contribution in [0.2, 0.25) is 0 Å². The van der Waals surface area contributed by atoms with E-state index >= 15 is 0 Å². The Labute approximate surface area is 106 Å². The number of hydrogen-bond donors (Lipinski definition) is 0. The molecule has 0 aromatic heterocycles. The van der Waals surface area contributed by atoms with Crippen molar-refractivity contribution in [2.45, 2.75) is 32.4 Å². The molecule has 0 amide bonds. The molecule has 0 saturated carbocycles. The predicted molar refractivity (Wildman–Crippen MR) is 69.9 cm³/mol.